The van der Waals surface area contributed by atoms with Gasteiger partial charge in [-0.2, -0.15) is 4.98 Å². The van der Waals surface area contributed by atoms with Crippen molar-refractivity contribution < 1.29 is 0 Å². The number of thiophene rings is 1. The van der Waals surface area contributed by atoms with Crippen LogP contribution < -0.4 is 14.3 Å². The Morgan fingerprint density at radius 3 is 2.96 bits per heavy atom. The number of hydrogen-bond acceptors (Lipinski definition) is 7. The molecule has 2 aromatic heterocycles. The van der Waals surface area contributed by atoms with Crippen molar-refractivity contribution in [3.8, 4) is 0 Å². The number of aromatic nitrogens is 2. The molecule has 0 atom stereocenters. The number of hydrazine groups is 1. The zero-order valence-electron chi connectivity index (χ0n) is 14.1. The lowest BCUT2D eigenvalue weighted by Crippen LogP contribution is -2.35. The highest BCUT2D eigenvalue weighted by molar-refractivity contribution is 14.2. The molecule has 8 heteroatoms. The summed E-state index contributed by atoms with van der Waals surface area (Å²) < 4.78 is 6.86. The van der Waals surface area contributed by atoms with Crippen molar-refractivity contribution in [2.24, 2.45) is 0 Å². The van der Waals surface area contributed by atoms with E-state index < -0.39 is 0 Å². The van der Waals surface area contributed by atoms with Gasteiger partial charge in [-0.05, 0) is 67.5 Å². The topological polar surface area (TPSA) is 65.1 Å². The first-order valence-corrected chi connectivity index (χ1v) is 12.0. The number of benzene rings is 1. The van der Waals surface area contributed by atoms with Crippen LogP contribution in [0.15, 0.2) is 29.6 Å². The molecule has 0 aliphatic carbocycles. The number of piperidine rings is 1. The lowest BCUT2D eigenvalue weighted by molar-refractivity contribution is 0.271. The van der Waals surface area contributed by atoms with Gasteiger partial charge in [-0.3, -0.25) is 5.43 Å². The Hall–Kier alpha value is -1.78. The van der Waals surface area contributed by atoms with Gasteiger partial charge in [0.05, 0.1) is 15.9 Å². The Bertz CT molecular complexity index is 979. The van der Waals surface area contributed by atoms with Crippen LogP contribution in [0.3, 0.4) is 0 Å². The van der Waals surface area contributed by atoms with Crippen LogP contribution in [0, 0.1) is 0 Å². The maximum atomic E-state index is 4.77. The zero-order valence-corrected chi connectivity index (χ0v) is 17.1. The maximum Gasteiger partial charge on any atom is 0.240 e. The summed E-state index contributed by atoms with van der Waals surface area (Å²) in [6.07, 6.45) is 3.75. The van der Waals surface area contributed by atoms with Crippen molar-refractivity contribution in [3.63, 3.8) is 0 Å². The van der Waals surface area contributed by atoms with Crippen molar-refractivity contribution in [2.45, 2.75) is 19.3 Å². The maximum absolute atomic E-state index is 4.77. The summed E-state index contributed by atoms with van der Waals surface area (Å²) in [5.74, 6) is 1.53. The van der Waals surface area contributed by atoms with E-state index >= 15 is 0 Å². The summed E-state index contributed by atoms with van der Waals surface area (Å²) in [4.78, 5) is 9.46. The normalized spacial score (nSPS) is 16.8. The third-order valence-corrected chi connectivity index (χ3v) is 7.35. The van der Waals surface area contributed by atoms with Crippen LogP contribution in [-0.2, 0) is 0 Å². The predicted octanol–water partition coefficient (Wildman–Crippen LogP) is 4.71. The SMILES string of the molecule is C1=INc2ccc(Nc3nc(NN4CCCCC4)nc4ccsc34)cc21. The van der Waals surface area contributed by atoms with Gasteiger partial charge in [0.2, 0.25) is 5.95 Å². The van der Waals surface area contributed by atoms with E-state index in [9.17, 15) is 0 Å². The van der Waals surface area contributed by atoms with E-state index in [-0.39, 0.29) is 21.0 Å². The van der Waals surface area contributed by atoms with Gasteiger partial charge >= 0.3 is 0 Å². The predicted molar refractivity (Wildman–Crippen MR) is 119 cm³/mol. The van der Waals surface area contributed by atoms with Crippen molar-refractivity contribution in [2.75, 3.05) is 27.4 Å². The number of halogens is 1. The van der Waals surface area contributed by atoms with Crippen LogP contribution in [0.4, 0.5) is 23.1 Å². The van der Waals surface area contributed by atoms with Gasteiger partial charge in [0.15, 0.2) is 5.82 Å². The van der Waals surface area contributed by atoms with Gasteiger partial charge in [-0.25, -0.2) is 9.99 Å². The molecule has 5 rings (SSSR count). The first kappa shape index (κ1) is 16.4. The summed E-state index contributed by atoms with van der Waals surface area (Å²) in [6, 6.07) is 8.49. The Morgan fingerprint density at radius 2 is 2.04 bits per heavy atom. The van der Waals surface area contributed by atoms with E-state index in [1.165, 1.54) is 30.5 Å². The first-order chi connectivity index (χ1) is 12.8. The average Bonchev–Trinajstić information content (AvgIpc) is 3.31. The highest BCUT2D eigenvalue weighted by Gasteiger charge is 2.15. The minimum atomic E-state index is -0.0398. The number of hydrogen-bond donors (Lipinski definition) is 3. The lowest BCUT2D eigenvalue weighted by atomic mass is 10.2. The molecule has 2 aliphatic rings. The van der Waals surface area contributed by atoms with Gasteiger partial charge in [0.25, 0.3) is 0 Å². The molecule has 134 valence electrons. The molecule has 0 bridgehead atoms. The summed E-state index contributed by atoms with van der Waals surface area (Å²) in [7, 11) is 0. The number of fused-ring (bicyclic) bond motifs is 2. The molecule has 0 saturated carbocycles. The van der Waals surface area contributed by atoms with E-state index in [1.54, 1.807) is 11.3 Å². The molecule has 2 aliphatic heterocycles. The number of nitrogens with one attached hydrogen (secondary N) is 3. The highest BCUT2D eigenvalue weighted by Crippen LogP contribution is 2.32. The van der Waals surface area contributed by atoms with E-state index in [0.29, 0.717) is 5.95 Å². The van der Waals surface area contributed by atoms with Crippen LogP contribution in [0.5, 0.6) is 0 Å². The summed E-state index contributed by atoms with van der Waals surface area (Å²) in [5, 5.41) is 7.80. The van der Waals surface area contributed by atoms with Crippen LogP contribution in [0.2, 0.25) is 0 Å². The molecule has 0 amide bonds. The molecule has 26 heavy (non-hydrogen) atoms. The Morgan fingerprint density at radius 1 is 1.12 bits per heavy atom. The second-order valence-corrected chi connectivity index (χ2v) is 9.13. The van der Waals surface area contributed by atoms with Crippen LogP contribution in [0.25, 0.3) is 10.2 Å². The molecule has 3 aromatic rings. The van der Waals surface area contributed by atoms with E-state index in [0.717, 1.165) is 34.8 Å². The molecule has 1 saturated heterocycles. The molecule has 3 N–H and O–H groups in total. The number of rotatable bonds is 4. The summed E-state index contributed by atoms with van der Waals surface area (Å²) in [6.45, 7) is 2.09. The molecular formula is C18H19IN6S. The molecule has 1 fully saturated rings. The second kappa shape index (κ2) is 7.09. The van der Waals surface area contributed by atoms with Gasteiger partial charge in [0, 0.05) is 24.3 Å². The van der Waals surface area contributed by atoms with Crippen molar-refractivity contribution in [3.05, 3.63) is 35.2 Å². The largest absolute Gasteiger partial charge is 0.339 e. The van der Waals surface area contributed by atoms with Crippen LogP contribution in [-0.4, -0.2) is 32.1 Å². The highest BCUT2D eigenvalue weighted by atomic mass is 127. The average molecular weight is 478 g/mol. The molecule has 0 unspecified atom stereocenters. The fraction of sp³-hybridized carbons (Fsp3) is 0.278. The van der Waals surface area contributed by atoms with E-state index in [1.807, 2.05) is 0 Å². The molecule has 4 heterocycles. The Balaban J connectivity index is 1.46. The molecule has 0 radical (unpaired) electrons. The van der Waals surface area contributed by atoms with E-state index in [2.05, 4.69) is 57.9 Å². The van der Waals surface area contributed by atoms with Gasteiger partial charge in [0.1, 0.15) is 0 Å². The smallest absolute Gasteiger partial charge is 0.240 e. The summed E-state index contributed by atoms with van der Waals surface area (Å²) in [5.41, 5.74) is 7.95. The van der Waals surface area contributed by atoms with Gasteiger partial charge in [-0.1, -0.05) is 6.42 Å². The van der Waals surface area contributed by atoms with Gasteiger partial charge in [-0.15, -0.1) is 11.3 Å². The third-order valence-electron chi connectivity index (χ3n) is 4.56. The molecule has 6 nitrogen and oxygen atoms in total. The minimum Gasteiger partial charge on any atom is -0.339 e. The number of anilines is 4. The third kappa shape index (κ3) is 3.28. The zero-order chi connectivity index (χ0) is 17.3. The summed E-state index contributed by atoms with van der Waals surface area (Å²) >= 11 is 1.63. The molecule has 1 aromatic carbocycles. The Labute approximate surface area is 166 Å². The fourth-order valence-electron chi connectivity index (χ4n) is 3.24. The van der Waals surface area contributed by atoms with Crippen molar-refractivity contribution >= 4 is 69.7 Å². The Kier molecular flexibility index (Phi) is 4.47. The molecule has 0 spiro atoms. The molecular weight excluding hydrogens is 459 g/mol. The van der Waals surface area contributed by atoms with Crippen LogP contribution >= 0.6 is 32.3 Å². The number of nitrogens with zero attached hydrogens (tertiary/aromatic N) is 3. The first-order valence-electron chi connectivity index (χ1n) is 8.75. The van der Waals surface area contributed by atoms with Crippen LogP contribution in [0.1, 0.15) is 24.8 Å². The monoisotopic (exact) mass is 478 g/mol. The van der Waals surface area contributed by atoms with Gasteiger partial charge < -0.3 is 8.85 Å². The van der Waals surface area contributed by atoms with E-state index in [4.69, 9.17) is 4.98 Å². The second-order valence-electron chi connectivity index (χ2n) is 6.43. The van der Waals surface area contributed by atoms with Crippen molar-refractivity contribution in [1.82, 2.24) is 15.0 Å². The quantitative estimate of drug-likeness (QED) is 0.373. The van der Waals surface area contributed by atoms with Crippen molar-refractivity contribution in [1.29, 1.82) is 0 Å². The minimum absolute atomic E-state index is 0.0398. The fourth-order valence-corrected chi connectivity index (χ4v) is 5.85. The lowest BCUT2D eigenvalue weighted by Gasteiger charge is -2.26. The standard InChI is InChI=1S/C18H19IN6S/c1-2-7-25(8-3-1)24-18-21-15-6-9-26-16(15)17(22-18)20-13-4-5-14-12(10-13)11-19-23-14/h4-6,9-11,23H,1-3,7-8H2,(H2,20,21,22,24).